The fourth-order valence-electron chi connectivity index (χ4n) is 2.13. The van der Waals surface area contributed by atoms with E-state index in [1.807, 2.05) is 13.0 Å². The molecule has 0 aliphatic carbocycles. The Kier molecular flexibility index (Phi) is 4.10. The van der Waals surface area contributed by atoms with Crippen molar-refractivity contribution >= 4 is 5.82 Å². The highest BCUT2D eigenvalue weighted by Crippen LogP contribution is 2.14. The summed E-state index contributed by atoms with van der Waals surface area (Å²) in [5.74, 6) is 1.71. The minimum absolute atomic E-state index is 0.819. The van der Waals surface area contributed by atoms with E-state index in [0.717, 1.165) is 23.8 Å². The quantitative estimate of drug-likeness (QED) is 0.809. The molecule has 1 aliphatic rings. The normalized spacial score (nSPS) is 20.7. The smallest absolute Gasteiger partial charge is 0.148 e. The van der Waals surface area contributed by atoms with Crippen molar-refractivity contribution in [2.24, 2.45) is 5.92 Å². The maximum Gasteiger partial charge on any atom is 0.148 e. The Morgan fingerprint density at radius 2 is 2.50 bits per heavy atom. The average molecular weight is 220 g/mol. The molecule has 0 radical (unpaired) electrons. The maximum atomic E-state index is 4.05. The molecule has 1 saturated heterocycles. The first-order chi connectivity index (χ1) is 7.84. The number of nitrogens with one attached hydrogen (secondary N) is 2. The van der Waals surface area contributed by atoms with Crippen molar-refractivity contribution in [3.63, 3.8) is 0 Å². The summed E-state index contributed by atoms with van der Waals surface area (Å²) in [5.41, 5.74) is 1.15. The summed E-state index contributed by atoms with van der Waals surface area (Å²) in [7, 11) is 0. The van der Waals surface area contributed by atoms with Crippen molar-refractivity contribution in [2.75, 3.05) is 25.0 Å². The second-order valence-electron chi connectivity index (χ2n) is 4.55. The Morgan fingerprint density at radius 1 is 1.56 bits per heavy atom. The van der Waals surface area contributed by atoms with Crippen LogP contribution in [0, 0.1) is 12.8 Å². The molecule has 16 heavy (non-hydrogen) atoms. The van der Waals surface area contributed by atoms with Gasteiger partial charge in [0.05, 0.1) is 6.20 Å². The molecule has 1 unspecified atom stereocenters. The predicted molar refractivity (Wildman–Crippen MR) is 65.5 cm³/mol. The van der Waals surface area contributed by atoms with Crippen molar-refractivity contribution in [2.45, 2.75) is 26.2 Å². The van der Waals surface area contributed by atoms with Crippen molar-refractivity contribution in [3.05, 3.63) is 17.8 Å². The molecule has 2 heterocycles. The molecule has 2 N–H and O–H groups in total. The molecule has 0 saturated carbocycles. The molecule has 1 atom stereocenters. The van der Waals surface area contributed by atoms with Gasteiger partial charge in [0.25, 0.3) is 0 Å². The van der Waals surface area contributed by atoms with Crippen molar-refractivity contribution in [1.29, 1.82) is 0 Å². The Bertz CT molecular complexity index is 321. The lowest BCUT2D eigenvalue weighted by atomic mass is 9.96. The summed E-state index contributed by atoms with van der Waals surface area (Å²) in [6.45, 7) is 5.38. The molecule has 4 heteroatoms. The molecular formula is C12H20N4. The van der Waals surface area contributed by atoms with E-state index in [4.69, 9.17) is 0 Å². The molecule has 1 aliphatic heterocycles. The molecular weight excluding hydrogens is 200 g/mol. The summed E-state index contributed by atoms with van der Waals surface area (Å²) in [5, 5.41) is 14.7. The average Bonchev–Trinajstić information content (AvgIpc) is 2.30. The molecule has 0 bridgehead atoms. The molecule has 0 amide bonds. The van der Waals surface area contributed by atoms with Gasteiger partial charge in [-0.25, -0.2) is 0 Å². The number of anilines is 1. The summed E-state index contributed by atoms with van der Waals surface area (Å²) in [6.07, 6.45) is 5.65. The number of hydrogen-bond acceptors (Lipinski definition) is 4. The van der Waals surface area contributed by atoms with E-state index in [9.17, 15) is 0 Å². The number of nitrogens with zero attached hydrogens (tertiary/aromatic N) is 2. The minimum atomic E-state index is 0.819. The third-order valence-electron chi connectivity index (χ3n) is 3.05. The van der Waals surface area contributed by atoms with Crippen LogP contribution in [0.3, 0.4) is 0 Å². The second kappa shape index (κ2) is 5.80. The topological polar surface area (TPSA) is 49.8 Å². The first-order valence-corrected chi connectivity index (χ1v) is 6.08. The molecule has 0 spiro atoms. The predicted octanol–water partition coefficient (Wildman–Crippen LogP) is 1.59. The van der Waals surface area contributed by atoms with Crippen LogP contribution in [0.25, 0.3) is 0 Å². The van der Waals surface area contributed by atoms with Gasteiger partial charge in [-0.2, -0.15) is 5.10 Å². The van der Waals surface area contributed by atoms with Gasteiger partial charge in [0.15, 0.2) is 0 Å². The zero-order chi connectivity index (χ0) is 11.2. The van der Waals surface area contributed by atoms with E-state index in [2.05, 4.69) is 20.8 Å². The van der Waals surface area contributed by atoms with Crippen LogP contribution < -0.4 is 10.6 Å². The van der Waals surface area contributed by atoms with Crippen LogP contribution in [0.4, 0.5) is 5.82 Å². The fraction of sp³-hybridized carbons (Fsp3) is 0.667. The van der Waals surface area contributed by atoms with Gasteiger partial charge in [-0.1, -0.05) is 0 Å². The van der Waals surface area contributed by atoms with Crippen LogP contribution in [0.5, 0.6) is 0 Å². The van der Waals surface area contributed by atoms with Gasteiger partial charge in [0.2, 0.25) is 0 Å². The van der Waals surface area contributed by atoms with Crippen LogP contribution in [0.2, 0.25) is 0 Å². The Hall–Kier alpha value is -1.16. The van der Waals surface area contributed by atoms with Gasteiger partial charge < -0.3 is 10.6 Å². The molecule has 2 rings (SSSR count). The lowest BCUT2D eigenvalue weighted by Gasteiger charge is -2.22. The van der Waals surface area contributed by atoms with E-state index < -0.39 is 0 Å². The third-order valence-corrected chi connectivity index (χ3v) is 3.05. The van der Waals surface area contributed by atoms with Gasteiger partial charge in [0.1, 0.15) is 5.82 Å². The molecule has 4 nitrogen and oxygen atoms in total. The van der Waals surface area contributed by atoms with Crippen LogP contribution in [0.1, 0.15) is 24.8 Å². The van der Waals surface area contributed by atoms with Gasteiger partial charge in [-0.15, -0.1) is 5.10 Å². The van der Waals surface area contributed by atoms with Crippen molar-refractivity contribution in [1.82, 2.24) is 15.5 Å². The zero-order valence-corrected chi connectivity index (χ0v) is 9.87. The number of aromatic nitrogens is 2. The summed E-state index contributed by atoms with van der Waals surface area (Å²) in [6, 6.07) is 2.03. The van der Waals surface area contributed by atoms with Crippen LogP contribution >= 0.6 is 0 Å². The number of rotatable bonds is 4. The summed E-state index contributed by atoms with van der Waals surface area (Å²) in [4.78, 5) is 0. The largest absolute Gasteiger partial charge is 0.369 e. The van der Waals surface area contributed by atoms with E-state index in [1.54, 1.807) is 6.20 Å². The first kappa shape index (κ1) is 11.3. The highest BCUT2D eigenvalue weighted by Gasteiger charge is 2.11. The van der Waals surface area contributed by atoms with E-state index in [-0.39, 0.29) is 0 Å². The van der Waals surface area contributed by atoms with E-state index in [0.29, 0.717) is 0 Å². The van der Waals surface area contributed by atoms with Crippen LogP contribution in [0.15, 0.2) is 12.3 Å². The lowest BCUT2D eigenvalue weighted by Crippen LogP contribution is -2.30. The molecule has 0 aromatic carbocycles. The summed E-state index contributed by atoms with van der Waals surface area (Å²) < 4.78 is 0. The Balaban J connectivity index is 1.71. The number of aryl methyl sites for hydroxylation is 1. The van der Waals surface area contributed by atoms with Gasteiger partial charge >= 0.3 is 0 Å². The molecule has 88 valence electrons. The monoisotopic (exact) mass is 220 g/mol. The highest BCUT2D eigenvalue weighted by atomic mass is 15.2. The third kappa shape index (κ3) is 3.45. The highest BCUT2D eigenvalue weighted by molar-refractivity contribution is 5.34. The van der Waals surface area contributed by atoms with Crippen molar-refractivity contribution < 1.29 is 0 Å². The first-order valence-electron chi connectivity index (χ1n) is 6.08. The zero-order valence-electron chi connectivity index (χ0n) is 9.87. The van der Waals surface area contributed by atoms with E-state index >= 15 is 0 Å². The van der Waals surface area contributed by atoms with Crippen molar-refractivity contribution in [3.8, 4) is 0 Å². The molecule has 1 aromatic rings. The van der Waals surface area contributed by atoms with Gasteiger partial charge in [-0.05, 0) is 56.8 Å². The van der Waals surface area contributed by atoms with Crippen LogP contribution in [-0.4, -0.2) is 29.8 Å². The van der Waals surface area contributed by atoms with Crippen LogP contribution in [-0.2, 0) is 0 Å². The Morgan fingerprint density at radius 3 is 3.25 bits per heavy atom. The maximum absolute atomic E-state index is 4.05. The van der Waals surface area contributed by atoms with Gasteiger partial charge in [0, 0.05) is 6.54 Å². The van der Waals surface area contributed by atoms with Gasteiger partial charge in [-0.3, -0.25) is 0 Å². The minimum Gasteiger partial charge on any atom is -0.369 e. The molecule has 1 fully saturated rings. The Labute approximate surface area is 96.9 Å². The standard InChI is InChI=1S/C12H20N4/c1-10-7-12(16-15-8-10)14-6-4-11-3-2-5-13-9-11/h7-8,11,13H,2-6,9H2,1H3,(H,14,16). The fourth-order valence-corrected chi connectivity index (χ4v) is 2.13. The lowest BCUT2D eigenvalue weighted by molar-refractivity contribution is 0.364. The number of piperidine rings is 1. The van der Waals surface area contributed by atoms with E-state index in [1.165, 1.54) is 32.4 Å². The number of hydrogen-bond donors (Lipinski definition) is 2. The molecule has 1 aromatic heterocycles. The summed E-state index contributed by atoms with van der Waals surface area (Å²) >= 11 is 0. The second-order valence-corrected chi connectivity index (χ2v) is 4.55. The SMILES string of the molecule is Cc1cnnc(NCCC2CCCNC2)c1.